The molecule has 1 heterocycles. The molecule has 0 spiro atoms. The van der Waals surface area contributed by atoms with Gasteiger partial charge in [-0.3, -0.25) is 9.89 Å². The minimum Gasteiger partial charge on any atom is -0.504 e. The van der Waals surface area contributed by atoms with Crippen LogP contribution in [-0.4, -0.2) is 31.3 Å². The predicted octanol–water partition coefficient (Wildman–Crippen LogP) is 1.89. The first kappa shape index (κ1) is 15.9. The summed E-state index contributed by atoms with van der Waals surface area (Å²) in [5, 5.41) is 29.3. The monoisotopic (exact) mass is 320 g/mol. The molecule has 0 saturated heterocycles. The number of hydrogen-bond donors (Lipinski definition) is 3. The number of phenols is 2. The lowest BCUT2D eigenvalue weighted by molar-refractivity contribution is 0.403. The highest BCUT2D eigenvalue weighted by Crippen LogP contribution is 2.24. The van der Waals surface area contributed by atoms with Crippen LogP contribution in [0.2, 0.25) is 0 Å². The Morgan fingerprint density at radius 3 is 2.59 bits per heavy atom. The van der Waals surface area contributed by atoms with Crippen molar-refractivity contribution in [3.8, 4) is 11.5 Å². The van der Waals surface area contributed by atoms with Gasteiger partial charge in [0.15, 0.2) is 11.5 Å². The van der Waals surface area contributed by atoms with Crippen LogP contribution in [-0.2, 0) is 5.41 Å². The van der Waals surface area contributed by atoms with Crippen LogP contribution in [0.1, 0.15) is 32.0 Å². The van der Waals surface area contributed by atoms with Crippen LogP contribution in [0.3, 0.4) is 0 Å². The van der Waals surface area contributed by atoms with Crippen LogP contribution in [0, 0.1) is 4.77 Å². The van der Waals surface area contributed by atoms with Crippen molar-refractivity contribution in [1.29, 1.82) is 0 Å². The zero-order valence-corrected chi connectivity index (χ0v) is 13.2. The molecule has 22 heavy (non-hydrogen) atoms. The number of nitrogens with zero attached hydrogens (tertiary/aromatic N) is 3. The second-order valence-electron chi connectivity index (χ2n) is 5.74. The summed E-state index contributed by atoms with van der Waals surface area (Å²) in [5.74, 6) is -0.503. The Balaban J connectivity index is 2.49. The maximum absolute atomic E-state index is 12.4. The summed E-state index contributed by atoms with van der Waals surface area (Å²) in [6, 6.07) is 4.19. The highest BCUT2D eigenvalue weighted by molar-refractivity contribution is 7.71. The van der Waals surface area contributed by atoms with Crippen LogP contribution < -0.4 is 5.56 Å². The van der Waals surface area contributed by atoms with E-state index in [2.05, 4.69) is 15.3 Å². The average Bonchev–Trinajstić information content (AvgIpc) is 2.41. The van der Waals surface area contributed by atoms with Gasteiger partial charge in [0.25, 0.3) is 5.56 Å². The molecule has 0 saturated carbocycles. The largest absolute Gasteiger partial charge is 0.504 e. The van der Waals surface area contributed by atoms with E-state index in [1.54, 1.807) is 6.07 Å². The van der Waals surface area contributed by atoms with Gasteiger partial charge in [0.2, 0.25) is 4.77 Å². The van der Waals surface area contributed by atoms with E-state index in [1.807, 2.05) is 20.8 Å². The molecule has 0 aliphatic heterocycles. The maximum Gasteiger partial charge on any atom is 0.297 e. The normalized spacial score (nSPS) is 12.0. The zero-order valence-electron chi connectivity index (χ0n) is 12.4. The van der Waals surface area contributed by atoms with E-state index in [0.717, 1.165) is 4.68 Å². The Hall–Kier alpha value is -2.48. The van der Waals surface area contributed by atoms with Crippen molar-refractivity contribution in [3.05, 3.63) is 44.6 Å². The van der Waals surface area contributed by atoms with E-state index in [-0.39, 0.29) is 16.3 Å². The number of aromatic nitrogens is 3. The lowest BCUT2D eigenvalue weighted by atomic mass is 9.93. The molecular weight excluding hydrogens is 304 g/mol. The molecule has 7 nitrogen and oxygen atoms in total. The summed E-state index contributed by atoms with van der Waals surface area (Å²) < 4.78 is 1.10. The van der Waals surface area contributed by atoms with Crippen molar-refractivity contribution < 1.29 is 10.2 Å². The first-order valence-electron chi connectivity index (χ1n) is 6.48. The van der Waals surface area contributed by atoms with Gasteiger partial charge in [-0.05, 0) is 36.0 Å². The van der Waals surface area contributed by atoms with Crippen LogP contribution in [0.25, 0.3) is 0 Å². The SMILES string of the molecule is CC(C)(C)c1n[nH]c(=S)n(/N=C\c2ccc(O)c(O)c2)c1=O. The number of aromatic amines is 1. The number of nitrogens with one attached hydrogen (secondary N) is 1. The van der Waals surface area contributed by atoms with Crippen LogP contribution >= 0.6 is 12.2 Å². The summed E-state index contributed by atoms with van der Waals surface area (Å²) >= 11 is 5.03. The molecule has 116 valence electrons. The molecule has 0 aliphatic carbocycles. The fourth-order valence-electron chi connectivity index (χ4n) is 1.73. The number of H-pyrrole nitrogens is 1. The van der Waals surface area contributed by atoms with E-state index in [0.29, 0.717) is 11.3 Å². The maximum atomic E-state index is 12.4. The molecule has 0 radical (unpaired) electrons. The van der Waals surface area contributed by atoms with Crippen molar-refractivity contribution in [2.75, 3.05) is 0 Å². The lowest BCUT2D eigenvalue weighted by Crippen LogP contribution is -2.32. The minimum absolute atomic E-state index is 0.0669. The molecule has 2 rings (SSSR count). The number of benzene rings is 1. The van der Waals surface area contributed by atoms with Gasteiger partial charge in [0, 0.05) is 5.41 Å². The molecule has 1 aromatic carbocycles. The second kappa shape index (κ2) is 5.72. The van der Waals surface area contributed by atoms with Crippen molar-refractivity contribution in [2.24, 2.45) is 5.10 Å². The topological polar surface area (TPSA) is 104 Å². The molecule has 0 atom stereocenters. The van der Waals surface area contributed by atoms with Gasteiger partial charge in [-0.15, -0.1) is 0 Å². The Morgan fingerprint density at radius 1 is 1.32 bits per heavy atom. The molecule has 3 N–H and O–H groups in total. The average molecular weight is 320 g/mol. The van der Waals surface area contributed by atoms with Gasteiger partial charge in [0.05, 0.1) is 6.21 Å². The van der Waals surface area contributed by atoms with E-state index in [4.69, 9.17) is 12.2 Å². The van der Waals surface area contributed by atoms with Crippen molar-refractivity contribution >= 4 is 18.4 Å². The zero-order chi connectivity index (χ0) is 16.5. The predicted molar refractivity (Wildman–Crippen MR) is 85.1 cm³/mol. The Labute approximate surface area is 131 Å². The van der Waals surface area contributed by atoms with Crippen LogP contribution in [0.15, 0.2) is 28.1 Å². The fraction of sp³-hybridized carbons (Fsp3) is 0.286. The Morgan fingerprint density at radius 2 is 2.00 bits per heavy atom. The molecule has 0 fully saturated rings. The van der Waals surface area contributed by atoms with Gasteiger partial charge in [0.1, 0.15) is 5.69 Å². The molecule has 0 aliphatic rings. The summed E-state index contributed by atoms with van der Waals surface area (Å²) in [7, 11) is 0. The Kier molecular flexibility index (Phi) is 4.14. The summed E-state index contributed by atoms with van der Waals surface area (Å²) in [6.45, 7) is 5.58. The molecule has 1 aromatic heterocycles. The molecule has 0 amide bonds. The smallest absolute Gasteiger partial charge is 0.297 e. The first-order chi connectivity index (χ1) is 10.2. The van der Waals surface area contributed by atoms with Crippen molar-refractivity contribution in [2.45, 2.75) is 26.2 Å². The number of hydrogen-bond acceptors (Lipinski definition) is 6. The van der Waals surface area contributed by atoms with Gasteiger partial charge in [-0.25, -0.2) is 0 Å². The second-order valence-corrected chi connectivity index (χ2v) is 6.12. The molecule has 2 aromatic rings. The van der Waals surface area contributed by atoms with Gasteiger partial charge in [-0.2, -0.15) is 14.9 Å². The van der Waals surface area contributed by atoms with Crippen LogP contribution in [0.4, 0.5) is 0 Å². The van der Waals surface area contributed by atoms with Gasteiger partial charge >= 0.3 is 0 Å². The highest BCUT2D eigenvalue weighted by atomic mass is 32.1. The van der Waals surface area contributed by atoms with Gasteiger partial charge in [-0.1, -0.05) is 20.8 Å². The van der Waals surface area contributed by atoms with E-state index >= 15 is 0 Å². The summed E-state index contributed by atoms with van der Waals surface area (Å²) in [5.41, 5.74) is -0.0435. The summed E-state index contributed by atoms with van der Waals surface area (Å²) in [4.78, 5) is 12.4. The van der Waals surface area contributed by atoms with Crippen molar-refractivity contribution in [1.82, 2.24) is 14.9 Å². The van der Waals surface area contributed by atoms with E-state index in [1.165, 1.54) is 18.3 Å². The first-order valence-corrected chi connectivity index (χ1v) is 6.89. The van der Waals surface area contributed by atoms with Crippen molar-refractivity contribution in [3.63, 3.8) is 0 Å². The third-order valence-electron chi connectivity index (χ3n) is 2.88. The summed E-state index contributed by atoms with van der Waals surface area (Å²) in [6.07, 6.45) is 1.36. The van der Waals surface area contributed by atoms with E-state index < -0.39 is 11.0 Å². The van der Waals surface area contributed by atoms with E-state index in [9.17, 15) is 15.0 Å². The number of phenolic OH excluding ortho intramolecular Hbond substituents is 2. The Bertz CT molecular complexity index is 846. The third-order valence-corrected chi connectivity index (χ3v) is 3.15. The third kappa shape index (κ3) is 3.22. The highest BCUT2D eigenvalue weighted by Gasteiger charge is 2.21. The minimum atomic E-state index is -0.454. The van der Waals surface area contributed by atoms with Crippen LogP contribution in [0.5, 0.6) is 11.5 Å². The molecule has 0 bridgehead atoms. The standard InChI is InChI=1S/C14H16N4O3S/c1-14(2,3)11-12(21)18(13(22)17-16-11)15-7-8-4-5-9(19)10(20)6-8/h4-7,19-20H,1-3H3,(H,17,22)/b15-7-. The van der Waals surface area contributed by atoms with Gasteiger partial charge < -0.3 is 10.2 Å². The number of rotatable bonds is 2. The quantitative estimate of drug-likeness (QED) is 0.445. The lowest BCUT2D eigenvalue weighted by Gasteiger charge is -2.16. The fourth-order valence-corrected chi connectivity index (χ4v) is 1.91. The molecular formula is C14H16N4O3S. The molecule has 0 unspecified atom stereocenters. The number of aromatic hydroxyl groups is 2. The molecule has 8 heteroatoms.